The Labute approximate surface area is 228 Å². The molecule has 7 nitrogen and oxygen atoms in total. The molecule has 3 aromatic rings. The largest absolute Gasteiger partial charge is 0.465 e. The third-order valence-corrected chi connectivity index (χ3v) is 7.27. The average molecular weight is 531 g/mol. The number of ether oxygens (including phenoxy) is 1. The van der Waals surface area contributed by atoms with Crippen molar-refractivity contribution in [2.75, 3.05) is 32.8 Å². The first-order valence-corrected chi connectivity index (χ1v) is 13.3. The quantitative estimate of drug-likeness (QED) is 0.376. The van der Waals surface area contributed by atoms with Gasteiger partial charge in [-0.2, -0.15) is 0 Å². The fraction of sp³-hybridized carbons (Fsp3) is 0.300. The van der Waals surface area contributed by atoms with Crippen molar-refractivity contribution in [3.05, 3.63) is 107 Å². The van der Waals surface area contributed by atoms with E-state index < -0.39 is 23.8 Å². The van der Waals surface area contributed by atoms with Gasteiger partial charge >= 0.3 is 5.97 Å². The van der Waals surface area contributed by atoms with Crippen molar-refractivity contribution in [3.63, 3.8) is 0 Å². The zero-order valence-electron chi connectivity index (χ0n) is 21.3. The maximum absolute atomic E-state index is 13.2. The number of carbonyl (C=O) groups excluding carboxylic acids is 2. The van der Waals surface area contributed by atoms with Gasteiger partial charge in [0.25, 0.3) is 0 Å². The molecule has 0 saturated carbocycles. The van der Waals surface area contributed by atoms with Crippen LogP contribution in [0.25, 0.3) is 0 Å². The third kappa shape index (κ3) is 5.59. The predicted molar refractivity (Wildman–Crippen MR) is 148 cm³/mol. The lowest BCUT2D eigenvalue weighted by Crippen LogP contribution is -2.57. The number of nitrogens with zero attached hydrogens (tertiary/aromatic N) is 3. The van der Waals surface area contributed by atoms with E-state index in [1.165, 1.54) is 11.1 Å². The Kier molecular flexibility index (Phi) is 8.05. The first kappa shape index (κ1) is 25.9. The van der Waals surface area contributed by atoms with Crippen LogP contribution in [0.1, 0.15) is 35.7 Å². The molecule has 2 aliphatic heterocycles. The van der Waals surface area contributed by atoms with Gasteiger partial charge in [-0.15, -0.1) is 0 Å². The second kappa shape index (κ2) is 11.8. The standard InChI is InChI=1S/C30H31ClN4O3/c1-2-38-29(37)25-26(23-14-9-15-24(31)20-23)32-30(33-28(25)36)35-18-16-34(17-19-35)27(21-10-5-3-6-11-21)22-12-7-4-8-13-22/h3-15,20,25-27H,2,16-19H2,1H3,(H,32,33,36)/t25-,26-/m0/s1. The van der Waals surface area contributed by atoms with Crippen LogP contribution in [-0.4, -0.2) is 60.4 Å². The van der Waals surface area contributed by atoms with Gasteiger partial charge in [0, 0.05) is 31.2 Å². The highest BCUT2D eigenvalue weighted by Gasteiger charge is 2.42. The molecule has 1 N–H and O–H groups in total. The van der Waals surface area contributed by atoms with E-state index in [1.54, 1.807) is 25.1 Å². The van der Waals surface area contributed by atoms with Crippen molar-refractivity contribution < 1.29 is 14.3 Å². The fourth-order valence-corrected chi connectivity index (χ4v) is 5.43. The Morgan fingerprint density at radius 2 is 1.61 bits per heavy atom. The van der Waals surface area contributed by atoms with E-state index in [1.807, 2.05) is 18.2 Å². The maximum atomic E-state index is 13.2. The van der Waals surface area contributed by atoms with Crippen LogP contribution in [0.3, 0.4) is 0 Å². The minimum atomic E-state index is -1.07. The molecule has 38 heavy (non-hydrogen) atoms. The van der Waals surface area contributed by atoms with Crippen molar-refractivity contribution in [3.8, 4) is 0 Å². The van der Waals surface area contributed by atoms with Crippen LogP contribution in [0, 0.1) is 5.92 Å². The number of aliphatic imine (C=N–C) groups is 1. The Balaban J connectivity index is 1.38. The van der Waals surface area contributed by atoms with Crippen molar-refractivity contribution in [1.82, 2.24) is 15.1 Å². The van der Waals surface area contributed by atoms with Gasteiger partial charge in [-0.3, -0.25) is 19.8 Å². The Morgan fingerprint density at radius 1 is 0.974 bits per heavy atom. The molecule has 0 spiro atoms. The van der Waals surface area contributed by atoms with Gasteiger partial charge in [-0.25, -0.2) is 4.99 Å². The van der Waals surface area contributed by atoms with Crippen LogP contribution >= 0.6 is 11.6 Å². The summed E-state index contributed by atoms with van der Waals surface area (Å²) in [5, 5.41) is 3.40. The van der Waals surface area contributed by atoms with Gasteiger partial charge in [-0.1, -0.05) is 84.4 Å². The summed E-state index contributed by atoms with van der Waals surface area (Å²) in [5.74, 6) is -1.58. The number of piperazine rings is 1. The number of carbonyl (C=O) groups is 2. The number of hydrogen-bond acceptors (Lipinski definition) is 6. The highest BCUT2D eigenvalue weighted by molar-refractivity contribution is 6.30. The summed E-state index contributed by atoms with van der Waals surface area (Å²) < 4.78 is 5.22. The molecular weight excluding hydrogens is 500 g/mol. The minimum absolute atomic E-state index is 0.134. The number of benzene rings is 3. The van der Waals surface area contributed by atoms with E-state index in [0.29, 0.717) is 29.6 Å². The zero-order chi connectivity index (χ0) is 26.5. The third-order valence-electron chi connectivity index (χ3n) is 7.03. The molecule has 3 aromatic carbocycles. The molecule has 196 valence electrons. The van der Waals surface area contributed by atoms with E-state index >= 15 is 0 Å². The Morgan fingerprint density at radius 3 is 2.18 bits per heavy atom. The number of nitrogens with one attached hydrogen (secondary N) is 1. The first-order valence-electron chi connectivity index (χ1n) is 12.9. The molecule has 0 aromatic heterocycles. The molecule has 5 rings (SSSR count). The lowest BCUT2D eigenvalue weighted by atomic mass is 9.91. The van der Waals surface area contributed by atoms with E-state index in [4.69, 9.17) is 21.3 Å². The molecule has 1 saturated heterocycles. The van der Waals surface area contributed by atoms with Crippen molar-refractivity contribution in [1.29, 1.82) is 0 Å². The van der Waals surface area contributed by atoms with Crippen LogP contribution in [0.5, 0.6) is 0 Å². The number of amides is 1. The highest BCUT2D eigenvalue weighted by Crippen LogP contribution is 2.33. The molecule has 2 aliphatic rings. The number of hydrogen-bond donors (Lipinski definition) is 1. The van der Waals surface area contributed by atoms with E-state index in [-0.39, 0.29) is 12.6 Å². The van der Waals surface area contributed by atoms with Crippen molar-refractivity contribution >= 4 is 29.4 Å². The van der Waals surface area contributed by atoms with Gasteiger partial charge < -0.3 is 9.64 Å². The molecule has 1 fully saturated rings. The molecule has 0 bridgehead atoms. The molecule has 8 heteroatoms. The Hall–Kier alpha value is -3.68. The average Bonchev–Trinajstić information content (AvgIpc) is 2.94. The summed E-state index contributed by atoms with van der Waals surface area (Å²) in [4.78, 5) is 35.4. The first-order chi connectivity index (χ1) is 18.5. The van der Waals surface area contributed by atoms with Crippen LogP contribution in [0.2, 0.25) is 5.02 Å². The number of rotatable bonds is 6. The lowest BCUT2D eigenvalue weighted by molar-refractivity contribution is -0.153. The van der Waals surface area contributed by atoms with E-state index in [0.717, 1.165) is 13.1 Å². The second-order valence-corrected chi connectivity index (χ2v) is 9.85. The monoisotopic (exact) mass is 530 g/mol. The number of esters is 1. The van der Waals surface area contributed by atoms with Gasteiger partial charge in [0.15, 0.2) is 5.92 Å². The number of halogens is 1. The molecule has 0 aliphatic carbocycles. The summed E-state index contributed by atoms with van der Waals surface area (Å²) >= 11 is 6.24. The smallest absolute Gasteiger partial charge is 0.321 e. The topological polar surface area (TPSA) is 74.2 Å². The van der Waals surface area contributed by atoms with Crippen LogP contribution in [-0.2, 0) is 14.3 Å². The zero-order valence-corrected chi connectivity index (χ0v) is 22.1. The summed E-state index contributed by atoms with van der Waals surface area (Å²) in [5.41, 5.74) is 3.19. The predicted octanol–water partition coefficient (Wildman–Crippen LogP) is 4.45. The van der Waals surface area contributed by atoms with E-state index in [2.05, 4.69) is 63.6 Å². The second-order valence-electron chi connectivity index (χ2n) is 9.42. The molecule has 2 heterocycles. The van der Waals surface area contributed by atoms with Crippen LogP contribution < -0.4 is 5.32 Å². The normalized spacial score (nSPS) is 20.1. The Bertz CT molecular complexity index is 1250. The van der Waals surface area contributed by atoms with Gasteiger partial charge in [0.05, 0.1) is 12.6 Å². The SMILES string of the molecule is CCOC(=O)[C@@H]1C(=O)NC(N2CCN(C(c3ccccc3)c3ccccc3)CC2)=N[C@H]1c1cccc(Cl)c1. The summed E-state index contributed by atoms with van der Waals surface area (Å²) in [7, 11) is 0. The van der Waals surface area contributed by atoms with Crippen LogP contribution in [0.15, 0.2) is 89.9 Å². The van der Waals surface area contributed by atoms with E-state index in [9.17, 15) is 9.59 Å². The molecule has 1 amide bonds. The summed E-state index contributed by atoms with van der Waals surface area (Å²) in [6.07, 6.45) is 0. The number of guanidine groups is 1. The van der Waals surface area contributed by atoms with Gasteiger partial charge in [0.2, 0.25) is 11.9 Å². The molecular formula is C30H31ClN4O3. The maximum Gasteiger partial charge on any atom is 0.321 e. The lowest BCUT2D eigenvalue weighted by Gasteiger charge is -2.42. The highest BCUT2D eigenvalue weighted by atomic mass is 35.5. The van der Waals surface area contributed by atoms with Crippen molar-refractivity contribution in [2.45, 2.75) is 19.0 Å². The molecule has 0 unspecified atom stereocenters. The summed E-state index contributed by atoms with van der Waals surface area (Å²) in [6.45, 7) is 4.84. The summed E-state index contributed by atoms with van der Waals surface area (Å²) in [6, 6.07) is 27.6. The van der Waals surface area contributed by atoms with Gasteiger partial charge in [0.1, 0.15) is 6.04 Å². The molecule has 2 atom stereocenters. The van der Waals surface area contributed by atoms with Gasteiger partial charge in [-0.05, 0) is 35.7 Å². The van der Waals surface area contributed by atoms with Crippen molar-refractivity contribution in [2.24, 2.45) is 10.9 Å². The minimum Gasteiger partial charge on any atom is -0.465 e. The van der Waals surface area contributed by atoms with Crippen LogP contribution in [0.4, 0.5) is 0 Å². The fourth-order valence-electron chi connectivity index (χ4n) is 5.23. The molecule has 0 radical (unpaired) electrons.